The first-order valence-corrected chi connectivity index (χ1v) is 9.45. The predicted molar refractivity (Wildman–Crippen MR) is 92.9 cm³/mol. The van der Waals surface area contributed by atoms with E-state index in [1.54, 1.807) is 18.2 Å². The number of carbonyl (C=O) groups excluding carboxylic acids is 1. The standard InChI is InChI=1S/C19H21N3O2S/c23-16(24)14-3-1-2-4-15(14)22-17(20-21-18(22)25)19-8-11-5-12(9-19)7-13(6-11)10-19/h1-4,11-13H,5-10H2,(H,21,25)(H,23,24)/p-1. The molecule has 1 aromatic heterocycles. The fourth-order valence-corrected chi connectivity index (χ4v) is 6.33. The number of rotatable bonds is 3. The molecule has 2 aromatic rings. The average molecular weight is 354 g/mol. The first-order valence-electron chi connectivity index (χ1n) is 9.04. The van der Waals surface area contributed by atoms with Gasteiger partial charge in [0, 0.05) is 11.0 Å². The maximum atomic E-state index is 11.6. The van der Waals surface area contributed by atoms with Gasteiger partial charge in [-0.05, 0) is 74.6 Å². The molecule has 5 nitrogen and oxygen atoms in total. The van der Waals surface area contributed by atoms with Crippen LogP contribution in [0.1, 0.15) is 54.7 Å². The molecule has 4 saturated carbocycles. The normalized spacial score (nSPS) is 32.9. The van der Waals surface area contributed by atoms with Gasteiger partial charge in [0.25, 0.3) is 0 Å². The van der Waals surface area contributed by atoms with Crippen LogP contribution in [0.3, 0.4) is 0 Å². The zero-order valence-electron chi connectivity index (χ0n) is 13.9. The van der Waals surface area contributed by atoms with Gasteiger partial charge in [0.2, 0.25) is 0 Å². The van der Waals surface area contributed by atoms with Gasteiger partial charge in [-0.1, -0.05) is 18.2 Å². The predicted octanol–water partition coefficient (Wildman–Crippen LogP) is 2.76. The molecule has 130 valence electrons. The number of carbonyl (C=O) groups is 1. The molecule has 0 saturated heterocycles. The highest BCUT2D eigenvalue weighted by Crippen LogP contribution is 2.60. The molecule has 4 bridgehead atoms. The Bertz CT molecular complexity index is 878. The van der Waals surface area contributed by atoms with Crippen molar-refractivity contribution in [1.82, 2.24) is 14.8 Å². The smallest absolute Gasteiger partial charge is 0.199 e. The third-order valence-corrected chi connectivity index (χ3v) is 6.82. The summed E-state index contributed by atoms with van der Waals surface area (Å²) in [6.45, 7) is 0. The van der Waals surface area contributed by atoms with E-state index in [4.69, 9.17) is 12.2 Å². The Hall–Kier alpha value is -1.95. The van der Waals surface area contributed by atoms with Crippen molar-refractivity contribution >= 4 is 18.2 Å². The number of carboxylic acids is 1. The van der Waals surface area contributed by atoms with Crippen LogP contribution in [0.5, 0.6) is 0 Å². The van der Waals surface area contributed by atoms with E-state index in [-0.39, 0.29) is 11.0 Å². The van der Waals surface area contributed by atoms with Crippen LogP contribution in [0.2, 0.25) is 0 Å². The van der Waals surface area contributed by atoms with Crippen molar-refractivity contribution in [1.29, 1.82) is 0 Å². The number of carboxylic acid groups (broad SMARTS) is 1. The van der Waals surface area contributed by atoms with Crippen molar-refractivity contribution in [2.75, 3.05) is 0 Å². The molecule has 4 aliphatic carbocycles. The van der Waals surface area contributed by atoms with E-state index in [1.807, 2.05) is 10.6 Å². The molecule has 0 unspecified atom stereocenters. The molecule has 25 heavy (non-hydrogen) atoms. The largest absolute Gasteiger partial charge is 0.545 e. The second-order valence-corrected chi connectivity index (χ2v) is 8.58. The van der Waals surface area contributed by atoms with Gasteiger partial charge in [-0.3, -0.25) is 9.67 Å². The zero-order chi connectivity index (χ0) is 17.2. The van der Waals surface area contributed by atoms with Gasteiger partial charge >= 0.3 is 0 Å². The number of nitrogens with zero attached hydrogens (tertiary/aromatic N) is 2. The minimum atomic E-state index is -1.19. The highest BCUT2D eigenvalue weighted by molar-refractivity contribution is 7.71. The van der Waals surface area contributed by atoms with E-state index >= 15 is 0 Å². The van der Waals surface area contributed by atoms with E-state index < -0.39 is 5.97 Å². The SMILES string of the molecule is O=C([O-])c1ccccc1-n1c(C23CC4CC(CC(C4)C2)C3)n[nH]c1=S. The lowest BCUT2D eigenvalue weighted by Crippen LogP contribution is -2.49. The quantitative estimate of drug-likeness (QED) is 0.860. The first-order chi connectivity index (χ1) is 12.1. The average Bonchev–Trinajstić information content (AvgIpc) is 2.96. The highest BCUT2D eigenvalue weighted by Gasteiger charge is 2.53. The summed E-state index contributed by atoms with van der Waals surface area (Å²) < 4.78 is 2.31. The van der Waals surface area contributed by atoms with Crippen molar-refractivity contribution in [2.45, 2.75) is 43.9 Å². The summed E-state index contributed by atoms with van der Waals surface area (Å²) in [5.74, 6) is 2.07. The van der Waals surface area contributed by atoms with Gasteiger partial charge < -0.3 is 9.90 Å². The van der Waals surface area contributed by atoms with Crippen LogP contribution in [-0.4, -0.2) is 20.7 Å². The molecular formula is C19H20N3O2S-. The molecule has 0 atom stereocenters. The molecule has 0 amide bonds. The topological polar surface area (TPSA) is 73.7 Å². The number of hydrogen-bond donors (Lipinski definition) is 1. The maximum Gasteiger partial charge on any atom is 0.199 e. The molecule has 6 rings (SSSR count). The number of nitrogens with one attached hydrogen (secondary N) is 1. The molecule has 0 spiro atoms. The van der Waals surface area contributed by atoms with Gasteiger partial charge in [0.05, 0.1) is 11.7 Å². The van der Waals surface area contributed by atoms with Crippen LogP contribution in [0.25, 0.3) is 5.69 Å². The third-order valence-electron chi connectivity index (χ3n) is 6.55. The molecule has 4 aliphatic rings. The second kappa shape index (κ2) is 5.27. The van der Waals surface area contributed by atoms with E-state index in [9.17, 15) is 9.90 Å². The summed E-state index contributed by atoms with van der Waals surface area (Å²) in [4.78, 5) is 11.6. The van der Waals surface area contributed by atoms with Gasteiger partial charge in [0.15, 0.2) is 4.77 Å². The summed E-state index contributed by atoms with van der Waals surface area (Å²) in [6.07, 6.45) is 7.48. The summed E-state index contributed by atoms with van der Waals surface area (Å²) in [6, 6.07) is 6.91. The van der Waals surface area contributed by atoms with Gasteiger partial charge in [-0.15, -0.1) is 0 Å². The summed E-state index contributed by atoms with van der Waals surface area (Å²) in [5.41, 5.74) is 0.749. The lowest BCUT2D eigenvalue weighted by atomic mass is 9.49. The molecule has 1 N–H and O–H groups in total. The van der Waals surface area contributed by atoms with Crippen LogP contribution in [0.4, 0.5) is 0 Å². The Balaban J connectivity index is 1.69. The van der Waals surface area contributed by atoms with Crippen molar-refractivity contribution in [2.24, 2.45) is 17.8 Å². The summed E-state index contributed by atoms with van der Waals surface area (Å²) >= 11 is 5.49. The molecular weight excluding hydrogens is 334 g/mol. The number of hydrogen-bond acceptors (Lipinski definition) is 4. The Morgan fingerprint density at radius 1 is 1.16 bits per heavy atom. The van der Waals surface area contributed by atoms with Crippen LogP contribution in [0, 0.1) is 22.5 Å². The third kappa shape index (κ3) is 2.23. The molecule has 4 fully saturated rings. The van der Waals surface area contributed by atoms with Crippen LogP contribution in [-0.2, 0) is 5.41 Å². The zero-order valence-corrected chi connectivity index (χ0v) is 14.7. The van der Waals surface area contributed by atoms with Crippen LogP contribution >= 0.6 is 12.2 Å². The number of aromatic amines is 1. The Morgan fingerprint density at radius 3 is 2.36 bits per heavy atom. The van der Waals surface area contributed by atoms with E-state index in [0.29, 0.717) is 10.5 Å². The van der Waals surface area contributed by atoms with Crippen molar-refractivity contribution in [3.8, 4) is 5.69 Å². The summed E-state index contributed by atoms with van der Waals surface area (Å²) in [5, 5.41) is 19.1. The van der Waals surface area contributed by atoms with Crippen LogP contribution < -0.4 is 5.11 Å². The van der Waals surface area contributed by atoms with Crippen molar-refractivity contribution in [3.05, 3.63) is 40.4 Å². The monoisotopic (exact) mass is 354 g/mol. The molecule has 0 radical (unpaired) electrons. The van der Waals surface area contributed by atoms with Crippen LogP contribution in [0.15, 0.2) is 24.3 Å². The Kier molecular flexibility index (Phi) is 3.23. The second-order valence-electron chi connectivity index (χ2n) is 8.19. The minimum Gasteiger partial charge on any atom is -0.545 e. The van der Waals surface area contributed by atoms with Crippen molar-refractivity contribution < 1.29 is 9.90 Å². The van der Waals surface area contributed by atoms with E-state index in [1.165, 1.54) is 19.3 Å². The lowest BCUT2D eigenvalue weighted by Gasteiger charge is -2.56. The minimum absolute atomic E-state index is 0.0291. The highest BCUT2D eigenvalue weighted by atomic mass is 32.1. The van der Waals surface area contributed by atoms with Gasteiger partial charge in [-0.25, -0.2) is 0 Å². The fraction of sp³-hybridized carbons (Fsp3) is 0.526. The van der Waals surface area contributed by atoms with Gasteiger partial charge in [0.1, 0.15) is 5.82 Å². The van der Waals surface area contributed by atoms with Crippen molar-refractivity contribution in [3.63, 3.8) is 0 Å². The molecule has 6 heteroatoms. The lowest BCUT2D eigenvalue weighted by molar-refractivity contribution is -0.255. The first kappa shape index (κ1) is 15.3. The number of benzene rings is 1. The summed E-state index contributed by atoms with van der Waals surface area (Å²) in [7, 11) is 0. The molecule has 1 heterocycles. The number of H-pyrrole nitrogens is 1. The molecule has 0 aliphatic heterocycles. The number of aromatic carboxylic acids is 1. The van der Waals surface area contributed by atoms with E-state index in [0.717, 1.165) is 42.8 Å². The number of aromatic nitrogens is 3. The fourth-order valence-electron chi connectivity index (χ4n) is 6.10. The Morgan fingerprint density at radius 2 is 1.76 bits per heavy atom. The van der Waals surface area contributed by atoms with Gasteiger partial charge in [-0.2, -0.15) is 5.10 Å². The Labute approximate surface area is 151 Å². The van der Waals surface area contributed by atoms with E-state index in [2.05, 4.69) is 10.2 Å². The number of para-hydroxylation sites is 1. The maximum absolute atomic E-state index is 11.6. The molecule has 1 aromatic carbocycles.